The lowest BCUT2D eigenvalue weighted by molar-refractivity contribution is -0.135. The molecule has 26 heavy (non-hydrogen) atoms. The minimum Gasteiger partial charge on any atom is -0.396 e. The second kappa shape index (κ2) is 5.09. The van der Waals surface area contributed by atoms with Gasteiger partial charge in [-0.05, 0) is 49.3 Å². The molecule has 0 radical (unpaired) electrons. The lowest BCUT2D eigenvalue weighted by atomic mass is 9.52. The van der Waals surface area contributed by atoms with E-state index in [9.17, 15) is 15.0 Å². The third kappa shape index (κ3) is 1.62. The Hall–Kier alpha value is -1.43. The Morgan fingerprint density at radius 1 is 1.27 bits per heavy atom. The molecule has 138 valence electrons. The van der Waals surface area contributed by atoms with Crippen molar-refractivity contribution < 1.29 is 15.0 Å². The second-order valence-corrected chi connectivity index (χ2v) is 9.05. The zero-order valence-corrected chi connectivity index (χ0v) is 14.9. The average molecular weight is 354 g/mol. The summed E-state index contributed by atoms with van der Waals surface area (Å²) in [6, 6.07) is 9.03. The molecule has 0 aromatic heterocycles. The summed E-state index contributed by atoms with van der Waals surface area (Å²) in [6.07, 6.45) is 2.67. The highest BCUT2D eigenvalue weighted by Crippen LogP contribution is 2.65. The molecule has 6 rings (SSSR count). The molecule has 5 aliphatic rings. The van der Waals surface area contributed by atoms with Crippen LogP contribution in [0.2, 0.25) is 0 Å². The fraction of sp³-hybridized carbons (Fsp3) is 0.667. The number of benzene rings is 1. The fourth-order valence-electron chi connectivity index (χ4n) is 7.61. The number of para-hydroxylation sites is 1. The van der Waals surface area contributed by atoms with Crippen LogP contribution in [0.4, 0.5) is 5.69 Å². The van der Waals surface area contributed by atoms with E-state index in [1.807, 2.05) is 6.07 Å². The smallest absolute Gasteiger partial charge is 0.229 e. The Morgan fingerprint density at radius 2 is 2.12 bits per heavy atom. The van der Waals surface area contributed by atoms with Crippen LogP contribution >= 0.6 is 0 Å². The van der Waals surface area contributed by atoms with Crippen molar-refractivity contribution in [2.45, 2.75) is 49.3 Å². The zero-order chi connectivity index (χ0) is 17.6. The number of amides is 1. The summed E-state index contributed by atoms with van der Waals surface area (Å²) in [5.74, 6) is 1.04. The van der Waals surface area contributed by atoms with E-state index in [-0.39, 0.29) is 36.3 Å². The number of aliphatic hydroxyl groups excluding tert-OH is 2. The van der Waals surface area contributed by atoms with Crippen molar-refractivity contribution >= 4 is 11.6 Å². The average Bonchev–Trinajstić information content (AvgIpc) is 3.17. The maximum atomic E-state index is 13.0. The number of hydrogen-bond acceptors (Lipinski definition) is 4. The summed E-state index contributed by atoms with van der Waals surface area (Å²) in [4.78, 5) is 17.7. The maximum Gasteiger partial charge on any atom is 0.229 e. The molecule has 1 aromatic rings. The van der Waals surface area contributed by atoms with E-state index in [2.05, 4.69) is 28.0 Å². The van der Waals surface area contributed by atoms with Crippen LogP contribution in [0.3, 0.4) is 0 Å². The fourth-order valence-corrected chi connectivity index (χ4v) is 7.61. The van der Waals surface area contributed by atoms with E-state index < -0.39 is 6.10 Å². The van der Waals surface area contributed by atoms with Crippen LogP contribution < -0.4 is 4.90 Å². The van der Waals surface area contributed by atoms with Gasteiger partial charge in [0.25, 0.3) is 0 Å². The van der Waals surface area contributed by atoms with Gasteiger partial charge in [0, 0.05) is 36.2 Å². The number of rotatable bonds is 2. The number of aliphatic hydroxyl groups is 2. The summed E-state index contributed by atoms with van der Waals surface area (Å²) in [5.41, 5.74) is 2.41. The molecule has 7 atom stereocenters. The van der Waals surface area contributed by atoms with Crippen molar-refractivity contribution in [3.8, 4) is 0 Å². The van der Waals surface area contributed by atoms with Crippen molar-refractivity contribution in [1.29, 1.82) is 0 Å². The van der Waals surface area contributed by atoms with Gasteiger partial charge in [-0.1, -0.05) is 18.2 Å². The Bertz CT molecular complexity index is 782. The number of carbonyl (C=O) groups is 1. The predicted molar refractivity (Wildman–Crippen MR) is 96.8 cm³/mol. The molecule has 2 bridgehead atoms. The second-order valence-electron chi connectivity index (χ2n) is 9.05. The molecule has 7 unspecified atom stereocenters. The number of hydrogen-bond donors (Lipinski definition) is 2. The molecular formula is C21H26N2O3. The van der Waals surface area contributed by atoms with Crippen molar-refractivity contribution in [2.24, 2.45) is 17.8 Å². The van der Waals surface area contributed by atoms with Crippen molar-refractivity contribution in [3.05, 3.63) is 29.8 Å². The van der Waals surface area contributed by atoms with Crippen LogP contribution in [-0.4, -0.2) is 58.9 Å². The van der Waals surface area contributed by atoms with E-state index >= 15 is 0 Å². The van der Waals surface area contributed by atoms with Crippen LogP contribution in [0.1, 0.15) is 31.2 Å². The highest BCUT2D eigenvalue weighted by atomic mass is 16.3. The minimum atomic E-state index is -0.547. The summed E-state index contributed by atoms with van der Waals surface area (Å²) in [6.45, 7) is 2.31. The zero-order valence-electron chi connectivity index (χ0n) is 14.9. The van der Waals surface area contributed by atoms with Crippen LogP contribution in [0.25, 0.3) is 0 Å². The third-order valence-corrected chi connectivity index (χ3v) is 8.34. The first-order valence-corrected chi connectivity index (χ1v) is 10.1. The lowest BCUT2D eigenvalue weighted by Crippen LogP contribution is -2.70. The Morgan fingerprint density at radius 3 is 2.96 bits per heavy atom. The first-order valence-electron chi connectivity index (χ1n) is 10.1. The molecular weight excluding hydrogens is 328 g/mol. The first kappa shape index (κ1) is 15.6. The molecule has 1 aromatic carbocycles. The van der Waals surface area contributed by atoms with Crippen LogP contribution in [0.5, 0.6) is 0 Å². The number of fused-ring (bicyclic) bond motifs is 4. The molecule has 4 aliphatic heterocycles. The lowest BCUT2D eigenvalue weighted by Gasteiger charge is -2.60. The van der Waals surface area contributed by atoms with Gasteiger partial charge in [0.15, 0.2) is 0 Å². The van der Waals surface area contributed by atoms with Gasteiger partial charge in [-0.3, -0.25) is 9.69 Å². The normalized spacial score (nSPS) is 45.6. The van der Waals surface area contributed by atoms with Gasteiger partial charge < -0.3 is 15.1 Å². The Balaban J connectivity index is 1.58. The minimum absolute atomic E-state index is 0.0149. The maximum absolute atomic E-state index is 13.0. The predicted octanol–water partition coefficient (Wildman–Crippen LogP) is 1.13. The van der Waals surface area contributed by atoms with E-state index in [4.69, 9.17) is 0 Å². The molecule has 1 aliphatic carbocycles. The van der Waals surface area contributed by atoms with Gasteiger partial charge in [0.05, 0.1) is 18.6 Å². The molecule has 1 spiro atoms. The van der Waals surface area contributed by atoms with E-state index in [1.54, 1.807) is 0 Å². The number of nitrogens with zero attached hydrogens (tertiary/aromatic N) is 2. The molecule has 3 saturated heterocycles. The molecule has 1 saturated carbocycles. The molecule has 5 nitrogen and oxygen atoms in total. The van der Waals surface area contributed by atoms with E-state index in [0.717, 1.165) is 38.0 Å². The highest BCUT2D eigenvalue weighted by molar-refractivity contribution is 5.99. The quantitative estimate of drug-likeness (QED) is 0.836. The molecule has 2 N–H and O–H groups in total. The van der Waals surface area contributed by atoms with Gasteiger partial charge in [-0.2, -0.15) is 0 Å². The largest absolute Gasteiger partial charge is 0.396 e. The number of piperidine rings is 2. The van der Waals surface area contributed by atoms with Crippen LogP contribution in [-0.2, 0) is 10.2 Å². The molecule has 4 heterocycles. The van der Waals surface area contributed by atoms with E-state index in [0.29, 0.717) is 17.9 Å². The van der Waals surface area contributed by atoms with Crippen molar-refractivity contribution in [3.63, 3.8) is 0 Å². The third-order valence-electron chi connectivity index (χ3n) is 8.34. The molecule has 5 heteroatoms. The van der Waals surface area contributed by atoms with Crippen molar-refractivity contribution in [2.75, 3.05) is 24.6 Å². The number of carbonyl (C=O) groups excluding carboxylic acids is 1. The summed E-state index contributed by atoms with van der Waals surface area (Å²) < 4.78 is 0. The first-order chi connectivity index (χ1) is 12.7. The topological polar surface area (TPSA) is 64.0 Å². The Labute approximate surface area is 153 Å². The van der Waals surface area contributed by atoms with E-state index in [1.165, 1.54) is 5.56 Å². The number of anilines is 1. The van der Waals surface area contributed by atoms with Gasteiger partial charge in [-0.15, -0.1) is 0 Å². The van der Waals surface area contributed by atoms with Gasteiger partial charge in [0.2, 0.25) is 5.91 Å². The summed E-state index contributed by atoms with van der Waals surface area (Å²) in [7, 11) is 0. The van der Waals surface area contributed by atoms with Crippen LogP contribution in [0.15, 0.2) is 24.3 Å². The summed E-state index contributed by atoms with van der Waals surface area (Å²) in [5, 5.41) is 20.6. The van der Waals surface area contributed by atoms with Crippen molar-refractivity contribution in [1.82, 2.24) is 4.90 Å². The Kier molecular flexibility index (Phi) is 3.06. The van der Waals surface area contributed by atoms with Gasteiger partial charge in [-0.25, -0.2) is 0 Å². The summed E-state index contributed by atoms with van der Waals surface area (Å²) >= 11 is 0. The van der Waals surface area contributed by atoms with Gasteiger partial charge in [0.1, 0.15) is 0 Å². The monoisotopic (exact) mass is 354 g/mol. The standard InChI is InChI=1S/C21H26N2O3/c24-8-5-12-11-22-7-6-21-14-3-1-2-4-15(14)23-18(26)10-16(25)19(20(21)23)13(12)9-17(21)22/h1-4,12-13,16-17,19-20,24-25H,5-11H2. The SMILES string of the molecule is O=C1CC(O)C2C3CC4N(CCC45c4ccccc4N1C25)CC3CCO. The highest BCUT2D eigenvalue weighted by Gasteiger charge is 2.70. The van der Waals surface area contributed by atoms with Gasteiger partial charge >= 0.3 is 0 Å². The molecule has 1 amide bonds. The molecule has 4 fully saturated rings. The van der Waals surface area contributed by atoms with Crippen LogP contribution in [0, 0.1) is 17.8 Å².